The van der Waals surface area contributed by atoms with Crippen LogP contribution in [0.2, 0.25) is 5.02 Å². The van der Waals surface area contributed by atoms with E-state index in [-0.39, 0.29) is 11.1 Å². The number of thiophene rings is 1. The summed E-state index contributed by atoms with van der Waals surface area (Å²) in [5.74, 6) is -1.09. The van der Waals surface area contributed by atoms with Crippen LogP contribution in [0, 0.1) is 11.6 Å². The van der Waals surface area contributed by atoms with E-state index in [1.807, 2.05) is 19.1 Å². The van der Waals surface area contributed by atoms with Gasteiger partial charge in [0, 0.05) is 22.9 Å². The highest BCUT2D eigenvalue weighted by Gasteiger charge is 2.19. The molecule has 108 valence electrons. The molecule has 0 fully saturated rings. The lowest BCUT2D eigenvalue weighted by atomic mass is 10.0. The monoisotopic (exact) mass is 379 g/mol. The van der Waals surface area contributed by atoms with Crippen LogP contribution in [-0.4, -0.2) is 6.54 Å². The summed E-state index contributed by atoms with van der Waals surface area (Å²) in [4.78, 5) is 1.09. The van der Waals surface area contributed by atoms with Crippen molar-refractivity contribution in [2.24, 2.45) is 0 Å². The predicted octanol–water partition coefficient (Wildman–Crippen LogP) is 5.34. The number of hydrogen-bond donors (Lipinski definition) is 1. The number of benzene rings is 1. The Bertz CT molecular complexity index is 603. The van der Waals surface area contributed by atoms with Gasteiger partial charge in [0.15, 0.2) is 0 Å². The highest BCUT2D eigenvalue weighted by Crippen LogP contribution is 2.29. The lowest BCUT2D eigenvalue weighted by Gasteiger charge is -2.18. The molecule has 20 heavy (non-hydrogen) atoms. The lowest BCUT2D eigenvalue weighted by Crippen LogP contribution is -2.23. The van der Waals surface area contributed by atoms with Crippen LogP contribution in [0.15, 0.2) is 28.1 Å². The summed E-state index contributed by atoms with van der Waals surface area (Å²) < 4.78 is 28.6. The van der Waals surface area contributed by atoms with Crippen molar-refractivity contribution >= 4 is 38.9 Å². The van der Waals surface area contributed by atoms with Crippen LogP contribution in [0.4, 0.5) is 8.78 Å². The molecule has 0 radical (unpaired) electrons. The zero-order chi connectivity index (χ0) is 14.7. The van der Waals surface area contributed by atoms with Crippen molar-refractivity contribution in [3.05, 3.63) is 55.1 Å². The molecule has 1 heterocycles. The van der Waals surface area contributed by atoms with Crippen LogP contribution in [0.3, 0.4) is 0 Å². The second kappa shape index (κ2) is 6.98. The number of likely N-dealkylation sites (N-methyl/N-ethyl adjacent to an activating group) is 1. The summed E-state index contributed by atoms with van der Waals surface area (Å²) >= 11 is 10.6. The Hall–Kier alpha value is -0.490. The molecule has 0 saturated carbocycles. The first kappa shape index (κ1) is 15.9. The molecular formula is C14H13BrClF2NS. The Labute approximate surface area is 134 Å². The van der Waals surface area contributed by atoms with E-state index in [9.17, 15) is 8.78 Å². The third-order valence-corrected chi connectivity index (χ3v) is 4.84. The van der Waals surface area contributed by atoms with Gasteiger partial charge >= 0.3 is 0 Å². The fraction of sp³-hybridized carbons (Fsp3) is 0.286. The van der Waals surface area contributed by atoms with Gasteiger partial charge in [-0.25, -0.2) is 8.78 Å². The molecule has 0 saturated heterocycles. The van der Waals surface area contributed by atoms with Gasteiger partial charge in [-0.15, -0.1) is 11.3 Å². The molecule has 0 aliphatic heterocycles. The maximum absolute atomic E-state index is 14.0. The summed E-state index contributed by atoms with van der Waals surface area (Å²) in [6, 6.07) is 5.84. The second-order valence-electron chi connectivity index (χ2n) is 4.31. The summed E-state index contributed by atoms with van der Waals surface area (Å²) in [6.07, 6.45) is 0.599. The van der Waals surface area contributed by atoms with Gasteiger partial charge in [0.1, 0.15) is 11.6 Å². The van der Waals surface area contributed by atoms with E-state index in [0.29, 0.717) is 18.5 Å². The SMILES string of the molecule is CCNC(Cc1ccc(Br)s1)c1cc(F)c(Cl)cc1F. The van der Waals surface area contributed by atoms with Gasteiger partial charge in [0.05, 0.1) is 8.81 Å². The van der Waals surface area contributed by atoms with Gasteiger partial charge in [0.2, 0.25) is 0 Å². The molecule has 1 aromatic carbocycles. The molecule has 1 aromatic heterocycles. The van der Waals surface area contributed by atoms with Crippen LogP contribution >= 0.6 is 38.9 Å². The van der Waals surface area contributed by atoms with Crippen LogP contribution in [0.1, 0.15) is 23.4 Å². The van der Waals surface area contributed by atoms with Crippen LogP contribution in [0.5, 0.6) is 0 Å². The molecule has 6 heteroatoms. The van der Waals surface area contributed by atoms with Gasteiger partial charge in [-0.05, 0) is 46.7 Å². The zero-order valence-electron chi connectivity index (χ0n) is 10.7. The maximum Gasteiger partial charge on any atom is 0.142 e. The van der Waals surface area contributed by atoms with E-state index in [0.717, 1.165) is 14.7 Å². The molecule has 1 N–H and O–H groups in total. The van der Waals surface area contributed by atoms with Gasteiger partial charge in [-0.1, -0.05) is 18.5 Å². The van der Waals surface area contributed by atoms with Crippen molar-refractivity contribution in [2.75, 3.05) is 6.54 Å². The van der Waals surface area contributed by atoms with Gasteiger partial charge < -0.3 is 5.32 Å². The van der Waals surface area contributed by atoms with E-state index >= 15 is 0 Å². The molecule has 0 bridgehead atoms. The van der Waals surface area contributed by atoms with Gasteiger partial charge in [-0.2, -0.15) is 0 Å². The van der Waals surface area contributed by atoms with Crippen molar-refractivity contribution in [2.45, 2.75) is 19.4 Å². The first-order chi connectivity index (χ1) is 9.51. The lowest BCUT2D eigenvalue weighted by molar-refractivity contribution is 0.504. The molecule has 1 unspecified atom stereocenters. The second-order valence-corrected chi connectivity index (χ2v) is 7.26. The normalized spacial score (nSPS) is 12.7. The first-order valence-corrected chi connectivity index (χ1v) is 8.12. The fourth-order valence-electron chi connectivity index (χ4n) is 2.01. The predicted molar refractivity (Wildman–Crippen MR) is 83.5 cm³/mol. The first-order valence-electron chi connectivity index (χ1n) is 6.13. The standard InChI is InChI=1S/C14H13BrClF2NS/c1-2-19-13(5-8-3-4-14(15)20-8)9-6-12(18)10(16)7-11(9)17/h3-4,6-7,13,19H,2,5H2,1H3. The quantitative estimate of drug-likeness (QED) is 0.691. The van der Waals surface area contributed by atoms with E-state index < -0.39 is 11.6 Å². The summed E-state index contributed by atoms with van der Waals surface area (Å²) in [5.41, 5.74) is 0.304. The highest BCUT2D eigenvalue weighted by molar-refractivity contribution is 9.11. The van der Waals surface area contributed by atoms with Crippen LogP contribution in [0.25, 0.3) is 0 Å². The molecular weight excluding hydrogens is 368 g/mol. The van der Waals surface area contributed by atoms with Crippen LogP contribution < -0.4 is 5.32 Å². The summed E-state index contributed by atoms with van der Waals surface area (Å²) in [6.45, 7) is 2.60. The molecule has 0 spiro atoms. The Morgan fingerprint density at radius 3 is 2.65 bits per heavy atom. The van der Waals surface area contributed by atoms with Crippen molar-refractivity contribution in [1.29, 1.82) is 0 Å². The summed E-state index contributed by atoms with van der Waals surface area (Å²) in [5, 5.41) is 2.99. The topological polar surface area (TPSA) is 12.0 Å². The van der Waals surface area contributed by atoms with Crippen molar-refractivity contribution in [3.8, 4) is 0 Å². The smallest absolute Gasteiger partial charge is 0.142 e. The Balaban J connectivity index is 2.30. The highest BCUT2D eigenvalue weighted by atomic mass is 79.9. The summed E-state index contributed by atoms with van der Waals surface area (Å²) in [7, 11) is 0. The third-order valence-electron chi connectivity index (χ3n) is 2.90. The minimum atomic E-state index is -0.599. The maximum atomic E-state index is 14.0. The minimum Gasteiger partial charge on any atom is -0.310 e. The van der Waals surface area contributed by atoms with Crippen molar-refractivity contribution in [3.63, 3.8) is 0 Å². The average Bonchev–Trinajstić information content (AvgIpc) is 2.79. The number of rotatable bonds is 5. The molecule has 0 aliphatic carbocycles. The number of hydrogen-bond acceptors (Lipinski definition) is 2. The molecule has 0 amide bonds. The minimum absolute atomic E-state index is 0.194. The van der Waals surface area contributed by atoms with E-state index in [1.54, 1.807) is 11.3 Å². The molecule has 1 nitrogen and oxygen atoms in total. The zero-order valence-corrected chi connectivity index (χ0v) is 13.9. The molecule has 1 atom stereocenters. The van der Waals surface area contributed by atoms with E-state index in [1.165, 1.54) is 6.07 Å². The molecule has 0 aliphatic rings. The molecule has 2 aromatic rings. The van der Waals surface area contributed by atoms with Gasteiger partial charge in [-0.3, -0.25) is 0 Å². The van der Waals surface area contributed by atoms with Crippen molar-refractivity contribution < 1.29 is 8.78 Å². The third kappa shape index (κ3) is 3.79. The average molecular weight is 381 g/mol. The van der Waals surface area contributed by atoms with E-state index in [4.69, 9.17) is 11.6 Å². The largest absolute Gasteiger partial charge is 0.310 e. The molecule has 2 rings (SSSR count). The van der Waals surface area contributed by atoms with E-state index in [2.05, 4.69) is 21.2 Å². The Morgan fingerprint density at radius 2 is 2.05 bits per heavy atom. The number of nitrogens with one attached hydrogen (secondary N) is 1. The number of halogens is 4. The Morgan fingerprint density at radius 1 is 1.30 bits per heavy atom. The Kier molecular flexibility index (Phi) is 5.55. The van der Waals surface area contributed by atoms with Crippen molar-refractivity contribution in [1.82, 2.24) is 5.32 Å². The fourth-order valence-corrected chi connectivity index (χ4v) is 3.69. The van der Waals surface area contributed by atoms with Crippen LogP contribution in [-0.2, 0) is 6.42 Å². The van der Waals surface area contributed by atoms with Gasteiger partial charge in [0.25, 0.3) is 0 Å².